The Hall–Kier alpha value is -0.890. The summed E-state index contributed by atoms with van der Waals surface area (Å²) in [6.45, 7) is 6.02. The van der Waals surface area contributed by atoms with E-state index in [1.165, 1.54) is 0 Å². The van der Waals surface area contributed by atoms with Crippen LogP contribution in [0.15, 0.2) is 22.8 Å². The van der Waals surface area contributed by atoms with E-state index in [1.807, 2.05) is 0 Å². The molecule has 0 amide bonds. The van der Waals surface area contributed by atoms with Gasteiger partial charge in [0.05, 0.1) is 18.1 Å². The van der Waals surface area contributed by atoms with E-state index >= 15 is 0 Å². The highest BCUT2D eigenvalue weighted by Gasteiger charge is 2.19. The molecule has 108 valence electrons. The van der Waals surface area contributed by atoms with Crippen LogP contribution < -0.4 is 10.0 Å². The fourth-order valence-corrected chi connectivity index (χ4v) is 3.38. The first kappa shape index (κ1) is 14.5. The summed E-state index contributed by atoms with van der Waals surface area (Å²) < 4.78 is 31.8. The molecule has 6 nitrogen and oxygen atoms in total. The summed E-state index contributed by atoms with van der Waals surface area (Å²) in [5.74, 6) is 0.753. The van der Waals surface area contributed by atoms with E-state index in [1.54, 1.807) is 25.3 Å². The third-order valence-electron chi connectivity index (χ3n) is 3.21. The summed E-state index contributed by atoms with van der Waals surface area (Å²) in [6.07, 6.45) is 1.54. The Morgan fingerprint density at radius 2 is 2.21 bits per heavy atom. The molecule has 1 unspecified atom stereocenters. The smallest absolute Gasteiger partial charge is 0.213 e. The monoisotopic (exact) mass is 287 g/mol. The highest BCUT2D eigenvalue weighted by Crippen LogP contribution is 2.13. The van der Waals surface area contributed by atoms with Crippen LogP contribution in [0.3, 0.4) is 0 Å². The van der Waals surface area contributed by atoms with Crippen LogP contribution in [0.25, 0.3) is 0 Å². The van der Waals surface area contributed by atoms with Crippen LogP contribution in [0.5, 0.6) is 0 Å². The predicted molar refractivity (Wildman–Crippen MR) is 73.4 cm³/mol. The second-order valence-corrected chi connectivity index (χ2v) is 6.64. The van der Waals surface area contributed by atoms with E-state index in [4.69, 9.17) is 4.42 Å². The van der Waals surface area contributed by atoms with Crippen LogP contribution in [0.1, 0.15) is 18.7 Å². The first-order chi connectivity index (χ1) is 9.07. The van der Waals surface area contributed by atoms with Crippen molar-refractivity contribution in [3.8, 4) is 0 Å². The number of nitrogens with one attached hydrogen (secondary N) is 2. The van der Waals surface area contributed by atoms with Crippen LogP contribution in [-0.2, 0) is 10.0 Å². The van der Waals surface area contributed by atoms with E-state index in [-0.39, 0.29) is 11.8 Å². The molecule has 0 radical (unpaired) electrons. The SMILES string of the molecule is CC(NS(=O)(=O)CCN1CCNCC1)c1ccco1. The van der Waals surface area contributed by atoms with Gasteiger partial charge < -0.3 is 9.73 Å². The highest BCUT2D eigenvalue weighted by molar-refractivity contribution is 7.89. The van der Waals surface area contributed by atoms with Gasteiger partial charge in [-0.1, -0.05) is 0 Å². The van der Waals surface area contributed by atoms with Crippen molar-refractivity contribution in [1.29, 1.82) is 0 Å². The lowest BCUT2D eigenvalue weighted by Crippen LogP contribution is -2.46. The summed E-state index contributed by atoms with van der Waals surface area (Å²) in [6, 6.07) is 3.19. The third kappa shape index (κ3) is 4.61. The van der Waals surface area contributed by atoms with Crippen LogP contribution in [-0.4, -0.2) is 51.8 Å². The maximum atomic E-state index is 12.0. The van der Waals surface area contributed by atoms with Gasteiger partial charge in [-0.25, -0.2) is 13.1 Å². The molecule has 1 fully saturated rings. The molecule has 0 aromatic carbocycles. The van der Waals surface area contributed by atoms with Crippen molar-refractivity contribution >= 4 is 10.0 Å². The highest BCUT2D eigenvalue weighted by atomic mass is 32.2. The molecule has 2 rings (SSSR count). The first-order valence-corrected chi connectivity index (χ1v) is 8.18. The van der Waals surface area contributed by atoms with E-state index < -0.39 is 10.0 Å². The van der Waals surface area contributed by atoms with Gasteiger partial charge in [0.25, 0.3) is 0 Å². The predicted octanol–water partition coefficient (Wildman–Crippen LogP) is 0.165. The standard InChI is InChI=1S/C12H21N3O3S/c1-11(12-3-2-9-18-12)14-19(16,17)10-8-15-6-4-13-5-7-15/h2-3,9,11,13-14H,4-8,10H2,1H3. The van der Waals surface area contributed by atoms with Gasteiger partial charge in [-0.2, -0.15) is 0 Å². The van der Waals surface area contributed by atoms with E-state index in [9.17, 15) is 8.42 Å². The van der Waals surface area contributed by atoms with Gasteiger partial charge in [0.15, 0.2) is 0 Å². The van der Waals surface area contributed by atoms with Crippen molar-refractivity contribution in [3.05, 3.63) is 24.2 Å². The second-order valence-electron chi connectivity index (χ2n) is 4.77. The molecule has 0 saturated carbocycles. The fourth-order valence-electron chi connectivity index (χ4n) is 2.11. The van der Waals surface area contributed by atoms with Gasteiger partial charge in [-0.05, 0) is 19.1 Å². The zero-order valence-corrected chi connectivity index (χ0v) is 11.9. The Labute approximate surface area is 114 Å². The summed E-state index contributed by atoms with van der Waals surface area (Å²) in [5, 5.41) is 3.24. The van der Waals surface area contributed by atoms with E-state index in [0.717, 1.165) is 26.2 Å². The Bertz CT molecular complexity index is 466. The summed E-state index contributed by atoms with van der Waals surface area (Å²) >= 11 is 0. The van der Waals surface area contributed by atoms with Gasteiger partial charge in [0.2, 0.25) is 10.0 Å². The number of hydrogen-bond donors (Lipinski definition) is 2. The molecular formula is C12H21N3O3S. The minimum absolute atomic E-state index is 0.123. The van der Waals surface area contributed by atoms with Crippen LogP contribution >= 0.6 is 0 Å². The molecule has 0 spiro atoms. The van der Waals surface area contributed by atoms with Crippen LogP contribution in [0.2, 0.25) is 0 Å². The van der Waals surface area contributed by atoms with E-state index in [0.29, 0.717) is 12.3 Å². The minimum atomic E-state index is -3.28. The number of piperazine rings is 1. The van der Waals surface area contributed by atoms with Crippen molar-refractivity contribution < 1.29 is 12.8 Å². The molecule has 7 heteroatoms. The molecule has 1 aromatic rings. The topological polar surface area (TPSA) is 74.6 Å². The Kier molecular flexibility index (Phi) is 4.98. The summed E-state index contributed by atoms with van der Waals surface area (Å²) in [4.78, 5) is 2.16. The first-order valence-electron chi connectivity index (χ1n) is 6.53. The van der Waals surface area contributed by atoms with Crippen molar-refractivity contribution in [2.45, 2.75) is 13.0 Å². The maximum Gasteiger partial charge on any atom is 0.213 e. The largest absolute Gasteiger partial charge is 0.468 e. The van der Waals surface area contributed by atoms with Gasteiger partial charge >= 0.3 is 0 Å². The maximum absolute atomic E-state index is 12.0. The second kappa shape index (κ2) is 6.51. The lowest BCUT2D eigenvalue weighted by Gasteiger charge is -2.27. The number of hydrogen-bond acceptors (Lipinski definition) is 5. The van der Waals surface area contributed by atoms with Crippen LogP contribution in [0.4, 0.5) is 0 Å². The lowest BCUT2D eigenvalue weighted by molar-refractivity contribution is 0.253. The number of rotatable bonds is 6. The fraction of sp³-hybridized carbons (Fsp3) is 0.667. The zero-order chi connectivity index (χ0) is 13.7. The molecular weight excluding hydrogens is 266 g/mol. The number of sulfonamides is 1. The minimum Gasteiger partial charge on any atom is -0.468 e. The summed E-state index contributed by atoms with van der Waals surface area (Å²) in [5.41, 5.74) is 0. The van der Waals surface area contributed by atoms with Crippen molar-refractivity contribution in [2.75, 3.05) is 38.5 Å². The van der Waals surface area contributed by atoms with Gasteiger partial charge in [0.1, 0.15) is 5.76 Å². The van der Waals surface area contributed by atoms with Crippen molar-refractivity contribution in [1.82, 2.24) is 14.9 Å². The van der Waals surface area contributed by atoms with Gasteiger partial charge in [0, 0.05) is 32.7 Å². The Morgan fingerprint density at radius 3 is 2.84 bits per heavy atom. The lowest BCUT2D eigenvalue weighted by atomic mass is 10.3. The normalized spacial score (nSPS) is 19.4. The zero-order valence-electron chi connectivity index (χ0n) is 11.1. The molecule has 19 heavy (non-hydrogen) atoms. The number of furan rings is 1. The van der Waals surface area contributed by atoms with Gasteiger partial charge in [-0.3, -0.25) is 4.90 Å². The van der Waals surface area contributed by atoms with Crippen molar-refractivity contribution in [2.24, 2.45) is 0 Å². The van der Waals surface area contributed by atoms with Gasteiger partial charge in [-0.15, -0.1) is 0 Å². The quantitative estimate of drug-likeness (QED) is 0.780. The molecule has 1 aliphatic rings. The third-order valence-corrected chi connectivity index (χ3v) is 4.64. The molecule has 2 heterocycles. The molecule has 1 aromatic heterocycles. The van der Waals surface area contributed by atoms with Crippen molar-refractivity contribution in [3.63, 3.8) is 0 Å². The molecule has 2 N–H and O–H groups in total. The van der Waals surface area contributed by atoms with Crippen LogP contribution in [0, 0.1) is 0 Å². The molecule has 0 aliphatic carbocycles. The molecule has 1 aliphatic heterocycles. The average molecular weight is 287 g/mol. The Balaban J connectivity index is 1.81. The number of nitrogens with zero attached hydrogens (tertiary/aromatic N) is 1. The van der Waals surface area contributed by atoms with E-state index in [2.05, 4.69) is 14.9 Å². The molecule has 1 saturated heterocycles. The average Bonchev–Trinajstić information content (AvgIpc) is 2.91. The molecule has 1 atom stereocenters. The Morgan fingerprint density at radius 1 is 1.47 bits per heavy atom. The summed E-state index contributed by atoms with van der Waals surface area (Å²) in [7, 11) is -3.28. The molecule has 0 bridgehead atoms.